The van der Waals surface area contributed by atoms with Gasteiger partial charge in [-0.05, 0) is 65.7 Å². The van der Waals surface area contributed by atoms with Gasteiger partial charge >= 0.3 is 0 Å². The van der Waals surface area contributed by atoms with E-state index in [9.17, 15) is 0 Å². The largest absolute Gasteiger partial charge is 0.497 e. The lowest BCUT2D eigenvalue weighted by Gasteiger charge is -2.27. The second-order valence-corrected chi connectivity index (χ2v) is 5.65. The van der Waals surface area contributed by atoms with Gasteiger partial charge in [0, 0.05) is 0 Å². The Kier molecular flexibility index (Phi) is 4.32. The minimum absolute atomic E-state index is 0.371. The second kappa shape index (κ2) is 5.76. The number of halogens is 1. The van der Waals surface area contributed by atoms with Gasteiger partial charge in [-0.15, -0.1) is 0 Å². The molecule has 3 heteroatoms. The van der Waals surface area contributed by atoms with Crippen LogP contribution in [0, 0.1) is 5.92 Å². The number of rotatable bonds is 3. The van der Waals surface area contributed by atoms with Crippen LogP contribution in [0.4, 0.5) is 0 Å². The van der Waals surface area contributed by atoms with Gasteiger partial charge in [0.15, 0.2) is 0 Å². The van der Waals surface area contributed by atoms with E-state index in [0.717, 1.165) is 21.9 Å². The van der Waals surface area contributed by atoms with Crippen LogP contribution in [-0.4, -0.2) is 13.2 Å². The number of hydrogen-bond acceptors (Lipinski definition) is 2. The highest BCUT2D eigenvalue weighted by Gasteiger charge is 2.20. The van der Waals surface area contributed by atoms with Crippen molar-refractivity contribution in [2.45, 2.75) is 38.7 Å². The molecule has 0 spiro atoms. The van der Waals surface area contributed by atoms with E-state index in [1.165, 1.54) is 25.7 Å². The van der Waals surface area contributed by atoms with Crippen LogP contribution in [-0.2, 0) is 0 Å². The van der Waals surface area contributed by atoms with E-state index in [1.54, 1.807) is 7.11 Å². The summed E-state index contributed by atoms with van der Waals surface area (Å²) < 4.78 is 12.2. The molecule has 1 aliphatic carbocycles. The van der Waals surface area contributed by atoms with Crippen molar-refractivity contribution in [1.82, 2.24) is 0 Å². The van der Waals surface area contributed by atoms with Gasteiger partial charge in [0.1, 0.15) is 11.5 Å². The fourth-order valence-corrected chi connectivity index (χ4v) is 2.68. The SMILES string of the molecule is COc1ccc(OC2CCC(C)CC2)c(Br)c1. The molecule has 0 unspecified atom stereocenters. The van der Waals surface area contributed by atoms with E-state index >= 15 is 0 Å². The lowest BCUT2D eigenvalue weighted by Crippen LogP contribution is -2.23. The maximum atomic E-state index is 6.03. The van der Waals surface area contributed by atoms with Gasteiger partial charge in [0.2, 0.25) is 0 Å². The first-order valence-corrected chi connectivity index (χ1v) is 6.98. The Morgan fingerprint density at radius 3 is 2.47 bits per heavy atom. The third-order valence-electron chi connectivity index (χ3n) is 3.40. The van der Waals surface area contributed by atoms with Gasteiger partial charge in [-0.3, -0.25) is 0 Å². The summed E-state index contributed by atoms with van der Waals surface area (Å²) in [7, 11) is 1.67. The third kappa shape index (κ3) is 3.38. The highest BCUT2D eigenvalue weighted by atomic mass is 79.9. The molecule has 0 N–H and O–H groups in total. The van der Waals surface area contributed by atoms with Crippen LogP contribution >= 0.6 is 15.9 Å². The molecular weight excluding hydrogens is 280 g/mol. The number of ether oxygens (including phenoxy) is 2. The minimum atomic E-state index is 0.371. The molecule has 17 heavy (non-hydrogen) atoms. The van der Waals surface area contributed by atoms with Crippen molar-refractivity contribution in [2.24, 2.45) is 5.92 Å². The van der Waals surface area contributed by atoms with Crippen molar-refractivity contribution in [3.8, 4) is 11.5 Å². The zero-order chi connectivity index (χ0) is 12.3. The first-order chi connectivity index (χ1) is 8.19. The molecule has 0 bridgehead atoms. The van der Waals surface area contributed by atoms with Gasteiger partial charge in [-0.2, -0.15) is 0 Å². The molecule has 1 fully saturated rings. The summed E-state index contributed by atoms with van der Waals surface area (Å²) in [6, 6.07) is 5.85. The van der Waals surface area contributed by atoms with Gasteiger partial charge in [-0.25, -0.2) is 0 Å². The summed E-state index contributed by atoms with van der Waals surface area (Å²) in [6.07, 6.45) is 5.26. The highest BCUT2D eigenvalue weighted by Crippen LogP contribution is 2.33. The summed E-state index contributed by atoms with van der Waals surface area (Å²) in [5.41, 5.74) is 0. The molecule has 94 valence electrons. The fourth-order valence-electron chi connectivity index (χ4n) is 2.23. The van der Waals surface area contributed by atoms with Gasteiger partial charge < -0.3 is 9.47 Å². The molecule has 0 heterocycles. The Hall–Kier alpha value is -0.700. The quantitative estimate of drug-likeness (QED) is 0.823. The van der Waals surface area contributed by atoms with Crippen LogP contribution in [0.25, 0.3) is 0 Å². The maximum absolute atomic E-state index is 6.03. The third-order valence-corrected chi connectivity index (χ3v) is 4.02. The summed E-state index contributed by atoms with van der Waals surface area (Å²) in [4.78, 5) is 0. The summed E-state index contributed by atoms with van der Waals surface area (Å²) >= 11 is 3.52. The Bertz CT molecular complexity index is 370. The zero-order valence-corrected chi connectivity index (χ0v) is 12.0. The lowest BCUT2D eigenvalue weighted by atomic mass is 9.89. The standard InChI is InChI=1S/C14H19BrO2/c1-10-3-5-11(6-4-10)17-14-8-7-12(16-2)9-13(14)15/h7-11H,3-6H2,1-2H3. The molecule has 1 aromatic carbocycles. The molecule has 1 aromatic rings. The zero-order valence-electron chi connectivity index (χ0n) is 10.4. The molecule has 0 saturated heterocycles. The van der Waals surface area contributed by atoms with Crippen molar-refractivity contribution < 1.29 is 9.47 Å². The van der Waals surface area contributed by atoms with Gasteiger partial charge in [0.25, 0.3) is 0 Å². The molecule has 1 saturated carbocycles. The number of methoxy groups -OCH3 is 1. The topological polar surface area (TPSA) is 18.5 Å². The molecule has 2 nitrogen and oxygen atoms in total. The van der Waals surface area contributed by atoms with Crippen LogP contribution < -0.4 is 9.47 Å². The first kappa shape index (κ1) is 12.7. The Morgan fingerprint density at radius 1 is 1.18 bits per heavy atom. The average Bonchev–Trinajstić information content (AvgIpc) is 2.34. The van der Waals surface area contributed by atoms with Gasteiger partial charge in [-0.1, -0.05) is 6.92 Å². The van der Waals surface area contributed by atoms with Crippen molar-refractivity contribution >= 4 is 15.9 Å². The number of hydrogen-bond donors (Lipinski definition) is 0. The minimum Gasteiger partial charge on any atom is -0.497 e. The fraction of sp³-hybridized carbons (Fsp3) is 0.571. The molecule has 0 amide bonds. The van der Waals surface area contributed by atoms with E-state index in [0.29, 0.717) is 6.10 Å². The first-order valence-electron chi connectivity index (χ1n) is 6.19. The van der Waals surface area contributed by atoms with Crippen molar-refractivity contribution in [2.75, 3.05) is 7.11 Å². The van der Waals surface area contributed by atoms with Crippen molar-refractivity contribution in [3.05, 3.63) is 22.7 Å². The Labute approximate surface area is 111 Å². The molecule has 0 atom stereocenters. The number of benzene rings is 1. The Morgan fingerprint density at radius 2 is 1.88 bits per heavy atom. The molecule has 0 radical (unpaired) electrons. The second-order valence-electron chi connectivity index (χ2n) is 4.80. The summed E-state index contributed by atoms with van der Waals surface area (Å²) in [6.45, 7) is 2.32. The summed E-state index contributed by atoms with van der Waals surface area (Å²) in [5.74, 6) is 2.63. The predicted molar refractivity (Wildman–Crippen MR) is 72.7 cm³/mol. The van der Waals surface area contributed by atoms with Gasteiger partial charge in [0.05, 0.1) is 17.7 Å². The molecular formula is C14H19BrO2. The predicted octanol–water partition coefficient (Wildman–Crippen LogP) is 4.42. The lowest BCUT2D eigenvalue weighted by molar-refractivity contribution is 0.134. The Balaban J connectivity index is 1.99. The van der Waals surface area contributed by atoms with Crippen molar-refractivity contribution in [3.63, 3.8) is 0 Å². The molecule has 1 aliphatic rings. The summed E-state index contributed by atoms with van der Waals surface area (Å²) in [5, 5.41) is 0. The van der Waals surface area contributed by atoms with E-state index in [1.807, 2.05) is 18.2 Å². The van der Waals surface area contributed by atoms with Crippen LogP contribution in [0.2, 0.25) is 0 Å². The van der Waals surface area contributed by atoms with Crippen molar-refractivity contribution in [1.29, 1.82) is 0 Å². The van der Waals surface area contributed by atoms with E-state index in [4.69, 9.17) is 9.47 Å². The maximum Gasteiger partial charge on any atom is 0.134 e. The monoisotopic (exact) mass is 298 g/mol. The van der Waals surface area contributed by atoms with E-state index in [2.05, 4.69) is 22.9 Å². The highest BCUT2D eigenvalue weighted by molar-refractivity contribution is 9.10. The van der Waals surface area contributed by atoms with E-state index < -0.39 is 0 Å². The van der Waals surface area contributed by atoms with Crippen LogP contribution in [0.5, 0.6) is 11.5 Å². The van der Waals surface area contributed by atoms with Crippen LogP contribution in [0.3, 0.4) is 0 Å². The van der Waals surface area contributed by atoms with E-state index in [-0.39, 0.29) is 0 Å². The smallest absolute Gasteiger partial charge is 0.134 e. The average molecular weight is 299 g/mol. The van der Waals surface area contributed by atoms with Crippen LogP contribution in [0.15, 0.2) is 22.7 Å². The van der Waals surface area contributed by atoms with Crippen LogP contribution in [0.1, 0.15) is 32.6 Å². The molecule has 0 aromatic heterocycles. The normalized spacial score (nSPS) is 24.4. The molecule has 2 rings (SSSR count). The molecule has 0 aliphatic heterocycles.